The van der Waals surface area contributed by atoms with E-state index in [1.807, 2.05) is 24.3 Å². The second-order valence-electron chi connectivity index (χ2n) is 7.26. The molecule has 28 heavy (non-hydrogen) atoms. The van der Waals surface area contributed by atoms with Gasteiger partial charge in [-0.3, -0.25) is 0 Å². The summed E-state index contributed by atoms with van der Waals surface area (Å²) in [5.41, 5.74) is 2.92. The lowest BCUT2D eigenvalue weighted by Gasteiger charge is -2.31. The Labute approximate surface area is 160 Å². The van der Waals surface area contributed by atoms with Crippen molar-refractivity contribution in [2.45, 2.75) is 0 Å². The van der Waals surface area contributed by atoms with Crippen LogP contribution in [-0.2, 0) is 0 Å². The van der Waals surface area contributed by atoms with Crippen LogP contribution in [0.1, 0.15) is 11.3 Å². The zero-order valence-electron chi connectivity index (χ0n) is 14.9. The van der Waals surface area contributed by atoms with Crippen molar-refractivity contribution in [3.05, 3.63) is 102 Å². The van der Waals surface area contributed by atoms with Gasteiger partial charge in [-0.25, -0.2) is 0 Å². The Hall–Kier alpha value is -3.47. The van der Waals surface area contributed by atoms with E-state index in [2.05, 4.69) is 30.3 Å². The number of fused-ring (bicyclic) bond motifs is 5. The Morgan fingerprint density at radius 1 is 0.821 bits per heavy atom. The maximum absolute atomic E-state index is 15.1. The Kier molecular flexibility index (Phi) is 2.94. The molecular weight excluding hydrogens is 353 g/mol. The molecule has 0 aliphatic carbocycles. The first-order valence-corrected chi connectivity index (χ1v) is 9.31. The molecule has 3 aromatic carbocycles. The Bertz CT molecular complexity index is 1390. The van der Waals surface area contributed by atoms with Crippen LogP contribution >= 0.6 is 0 Å². The number of hydrogen-bond acceptors (Lipinski definition) is 0. The largest absolute Gasteiger partial charge is 0.737 e. The molecular formula is C23H15BF2N2. The number of benzene rings is 3. The molecule has 0 unspecified atom stereocenters. The van der Waals surface area contributed by atoms with Gasteiger partial charge in [0.2, 0.25) is 0 Å². The lowest BCUT2D eigenvalue weighted by Crippen LogP contribution is -2.49. The molecule has 0 atom stereocenters. The minimum absolute atomic E-state index is 0.552. The summed E-state index contributed by atoms with van der Waals surface area (Å²) >= 11 is 0. The van der Waals surface area contributed by atoms with E-state index in [0.29, 0.717) is 11.4 Å². The summed E-state index contributed by atoms with van der Waals surface area (Å²) in [6.07, 6.45) is 6.43. The van der Waals surface area contributed by atoms with E-state index in [0.717, 1.165) is 36.3 Å². The number of halogens is 2. The average Bonchev–Trinajstić information content (AvgIpc) is 3.39. The lowest BCUT2D eigenvalue weighted by molar-refractivity contribution is -0.356. The second kappa shape index (κ2) is 5.29. The molecule has 0 N–H and O–H groups in total. The summed E-state index contributed by atoms with van der Waals surface area (Å²) in [6, 6.07) is 22.0. The van der Waals surface area contributed by atoms with Gasteiger partial charge in [-0.2, -0.15) is 0 Å². The normalized spacial score (nSPS) is 17.1. The van der Waals surface area contributed by atoms with Crippen molar-refractivity contribution in [1.82, 2.24) is 4.48 Å². The van der Waals surface area contributed by atoms with Crippen LogP contribution in [0.5, 0.6) is 0 Å². The third kappa shape index (κ3) is 1.88. The zero-order valence-corrected chi connectivity index (χ0v) is 14.9. The maximum atomic E-state index is 15.1. The molecule has 0 saturated carbocycles. The highest BCUT2D eigenvalue weighted by atomic mass is 19.2. The van der Waals surface area contributed by atoms with Crippen molar-refractivity contribution in [3.8, 4) is 0 Å². The van der Waals surface area contributed by atoms with Crippen LogP contribution in [-0.4, -0.2) is 22.1 Å². The molecule has 6 rings (SSSR count). The Balaban J connectivity index is 1.79. The maximum Gasteiger partial charge on any atom is 0.737 e. The first-order valence-electron chi connectivity index (χ1n) is 9.31. The van der Waals surface area contributed by atoms with Crippen LogP contribution < -0.4 is 0 Å². The summed E-state index contributed by atoms with van der Waals surface area (Å²) < 4.78 is 32.4. The standard InChI is InChI=1S/C23H15BF2N2/c25-24(26)27-13-5-11-21(27)23(22-12-6-14-28(22)24)20-15-16-7-1-2-8-17(16)18-9-3-4-10-19(18)20/h1-15H. The van der Waals surface area contributed by atoms with E-state index < -0.39 is 6.97 Å². The molecule has 0 spiro atoms. The Morgan fingerprint density at radius 3 is 2.43 bits per heavy atom. The summed E-state index contributed by atoms with van der Waals surface area (Å²) in [5.74, 6) is 0. The number of aromatic nitrogens is 1. The zero-order chi connectivity index (χ0) is 18.9. The number of allylic oxidation sites excluding steroid dienone is 2. The fraction of sp³-hybridized carbons (Fsp3) is 0. The van der Waals surface area contributed by atoms with Gasteiger partial charge in [-0.1, -0.05) is 48.5 Å². The molecule has 0 saturated heterocycles. The average molecular weight is 368 g/mol. The van der Waals surface area contributed by atoms with Crippen molar-refractivity contribution in [3.63, 3.8) is 0 Å². The fourth-order valence-electron chi connectivity index (χ4n) is 4.56. The van der Waals surface area contributed by atoms with Gasteiger partial charge >= 0.3 is 6.97 Å². The van der Waals surface area contributed by atoms with E-state index in [1.165, 1.54) is 17.8 Å². The summed E-state index contributed by atoms with van der Waals surface area (Å²) in [6.45, 7) is -3.89. The van der Waals surface area contributed by atoms with Crippen LogP contribution in [0, 0.1) is 0 Å². The molecule has 1 aromatic heterocycles. The molecule has 0 amide bonds. The van der Waals surface area contributed by atoms with Crippen LogP contribution in [0.4, 0.5) is 8.63 Å². The van der Waals surface area contributed by atoms with Crippen molar-refractivity contribution in [2.75, 3.05) is 0 Å². The molecule has 0 radical (unpaired) electrons. The van der Waals surface area contributed by atoms with Gasteiger partial charge in [0.1, 0.15) is 6.21 Å². The molecule has 5 heteroatoms. The van der Waals surface area contributed by atoms with E-state index in [4.69, 9.17) is 0 Å². The number of rotatable bonds is 1. The predicted octanol–water partition coefficient (Wildman–Crippen LogP) is 5.44. The summed E-state index contributed by atoms with van der Waals surface area (Å²) in [7, 11) is 0. The third-order valence-electron chi connectivity index (χ3n) is 5.78. The SMILES string of the molecule is F[B-]1(F)n2cccc2C(c2cc3ccccc3c3ccccc23)=C2C=CC=[N+]21. The van der Waals surface area contributed by atoms with Crippen molar-refractivity contribution in [1.29, 1.82) is 0 Å². The minimum Gasteiger partial charge on any atom is -0.396 e. The van der Waals surface area contributed by atoms with Crippen molar-refractivity contribution in [2.24, 2.45) is 0 Å². The lowest BCUT2D eigenvalue weighted by atomic mass is 9.84. The molecule has 4 aromatic rings. The third-order valence-corrected chi connectivity index (χ3v) is 5.78. The summed E-state index contributed by atoms with van der Waals surface area (Å²) in [5, 5.41) is 4.46. The predicted molar refractivity (Wildman–Crippen MR) is 111 cm³/mol. The monoisotopic (exact) mass is 368 g/mol. The van der Waals surface area contributed by atoms with Crippen molar-refractivity contribution < 1.29 is 13.1 Å². The molecule has 3 heterocycles. The van der Waals surface area contributed by atoms with Crippen LogP contribution in [0.25, 0.3) is 27.1 Å². The summed E-state index contributed by atoms with van der Waals surface area (Å²) in [4.78, 5) is 0. The van der Waals surface area contributed by atoms with E-state index >= 15 is 8.63 Å². The highest BCUT2D eigenvalue weighted by Crippen LogP contribution is 2.42. The molecule has 134 valence electrons. The van der Waals surface area contributed by atoms with Gasteiger partial charge in [0.25, 0.3) is 0 Å². The van der Waals surface area contributed by atoms with Crippen LogP contribution in [0.3, 0.4) is 0 Å². The molecule has 2 aliphatic rings. The quantitative estimate of drug-likeness (QED) is 0.312. The fourth-order valence-corrected chi connectivity index (χ4v) is 4.56. The van der Waals surface area contributed by atoms with Crippen LogP contribution in [0.15, 0.2) is 90.8 Å². The Morgan fingerprint density at radius 2 is 1.57 bits per heavy atom. The first-order chi connectivity index (χ1) is 13.7. The van der Waals surface area contributed by atoms with Gasteiger partial charge in [0, 0.05) is 17.8 Å². The van der Waals surface area contributed by atoms with E-state index in [-0.39, 0.29) is 0 Å². The van der Waals surface area contributed by atoms with Gasteiger partial charge in [-0.15, -0.1) is 0 Å². The highest BCUT2D eigenvalue weighted by Gasteiger charge is 2.51. The first kappa shape index (κ1) is 15.6. The van der Waals surface area contributed by atoms with Gasteiger partial charge in [0.05, 0.1) is 5.57 Å². The van der Waals surface area contributed by atoms with Gasteiger partial charge in [0.15, 0.2) is 5.70 Å². The number of hydrogen-bond donors (Lipinski definition) is 0. The second-order valence-corrected chi connectivity index (χ2v) is 7.26. The minimum atomic E-state index is -3.89. The molecule has 2 nitrogen and oxygen atoms in total. The van der Waals surface area contributed by atoms with Gasteiger partial charge < -0.3 is 17.6 Å². The van der Waals surface area contributed by atoms with Crippen LogP contribution in [0.2, 0.25) is 0 Å². The van der Waals surface area contributed by atoms with E-state index in [9.17, 15) is 0 Å². The smallest absolute Gasteiger partial charge is 0.396 e. The molecule has 0 fully saturated rings. The van der Waals surface area contributed by atoms with E-state index in [1.54, 1.807) is 24.3 Å². The number of nitrogens with zero attached hydrogens (tertiary/aromatic N) is 2. The van der Waals surface area contributed by atoms with Gasteiger partial charge in [-0.05, 0) is 51.5 Å². The molecule has 0 bridgehead atoms. The van der Waals surface area contributed by atoms with Crippen molar-refractivity contribution >= 4 is 40.3 Å². The highest BCUT2D eigenvalue weighted by molar-refractivity contribution is 6.57. The topological polar surface area (TPSA) is 7.94 Å². The molecule has 2 aliphatic heterocycles.